The summed E-state index contributed by atoms with van der Waals surface area (Å²) in [7, 11) is 1.71. The van der Waals surface area contributed by atoms with Gasteiger partial charge in [-0.1, -0.05) is 6.42 Å². The van der Waals surface area contributed by atoms with Crippen LogP contribution in [-0.4, -0.2) is 44.2 Å². The van der Waals surface area contributed by atoms with Crippen LogP contribution < -0.4 is 5.73 Å². The first kappa shape index (κ1) is 12.8. The minimum atomic E-state index is -0.0977. The maximum Gasteiger partial charge on any atom is 0.228 e. The van der Waals surface area contributed by atoms with Crippen LogP contribution in [0.5, 0.6) is 0 Å². The van der Waals surface area contributed by atoms with Gasteiger partial charge >= 0.3 is 0 Å². The summed E-state index contributed by atoms with van der Waals surface area (Å²) in [6, 6.07) is 0. The van der Waals surface area contributed by atoms with Gasteiger partial charge in [0.25, 0.3) is 0 Å². The lowest BCUT2D eigenvalue weighted by molar-refractivity contribution is -0.148. The number of carbonyl (C=O) groups is 1. The van der Waals surface area contributed by atoms with Gasteiger partial charge in [0, 0.05) is 26.8 Å². The number of hydrogen-bond donors (Lipinski definition) is 1. The Bertz CT molecular complexity index is 277. The lowest BCUT2D eigenvalue weighted by atomic mass is 9.66. The summed E-state index contributed by atoms with van der Waals surface area (Å²) >= 11 is 0. The highest BCUT2D eigenvalue weighted by molar-refractivity contribution is 5.83. The van der Waals surface area contributed by atoms with Gasteiger partial charge in [-0.05, 0) is 38.1 Å². The minimum absolute atomic E-state index is 0.0977. The van der Waals surface area contributed by atoms with E-state index in [0.29, 0.717) is 25.0 Å². The van der Waals surface area contributed by atoms with E-state index >= 15 is 0 Å². The SMILES string of the molecule is COCCC1(C(=O)N2CCC(CN)C2)CCC1. The van der Waals surface area contributed by atoms with Crippen LogP contribution in [0.1, 0.15) is 32.1 Å². The Labute approximate surface area is 103 Å². The van der Waals surface area contributed by atoms with Crippen LogP contribution in [0.25, 0.3) is 0 Å². The average Bonchev–Trinajstić information content (AvgIpc) is 2.76. The van der Waals surface area contributed by atoms with E-state index in [4.69, 9.17) is 10.5 Å². The molecule has 1 amide bonds. The first-order valence-corrected chi connectivity index (χ1v) is 6.70. The molecule has 1 aliphatic carbocycles. The number of carbonyl (C=O) groups excluding carboxylic acids is 1. The second-order valence-corrected chi connectivity index (χ2v) is 5.52. The molecule has 2 rings (SSSR count). The molecule has 1 heterocycles. The molecule has 0 aromatic heterocycles. The molecule has 1 saturated heterocycles. The van der Waals surface area contributed by atoms with E-state index in [1.54, 1.807) is 7.11 Å². The number of ether oxygens (including phenoxy) is 1. The van der Waals surface area contributed by atoms with Crippen molar-refractivity contribution in [3.05, 3.63) is 0 Å². The predicted molar refractivity (Wildman–Crippen MR) is 66.5 cm³/mol. The Morgan fingerprint density at radius 3 is 2.76 bits per heavy atom. The van der Waals surface area contributed by atoms with Gasteiger partial charge in [-0.25, -0.2) is 0 Å². The highest BCUT2D eigenvalue weighted by atomic mass is 16.5. The molecule has 0 spiro atoms. The standard InChI is InChI=1S/C13H24N2O2/c1-17-8-6-13(4-2-5-13)12(16)15-7-3-11(9-14)10-15/h11H,2-10,14H2,1H3. The third kappa shape index (κ3) is 2.47. The summed E-state index contributed by atoms with van der Waals surface area (Å²) in [6.07, 6.45) is 5.22. The van der Waals surface area contributed by atoms with E-state index in [1.807, 2.05) is 4.90 Å². The van der Waals surface area contributed by atoms with Gasteiger partial charge in [-0.15, -0.1) is 0 Å². The summed E-state index contributed by atoms with van der Waals surface area (Å²) < 4.78 is 5.14. The number of methoxy groups -OCH3 is 1. The Morgan fingerprint density at radius 1 is 1.53 bits per heavy atom. The Balaban J connectivity index is 1.93. The molecule has 2 aliphatic rings. The second-order valence-electron chi connectivity index (χ2n) is 5.52. The maximum absolute atomic E-state index is 12.5. The molecule has 0 aromatic carbocycles. The van der Waals surface area contributed by atoms with Gasteiger partial charge in [0.05, 0.1) is 5.41 Å². The smallest absolute Gasteiger partial charge is 0.228 e. The number of amides is 1. The molecule has 4 heteroatoms. The summed E-state index contributed by atoms with van der Waals surface area (Å²) in [5.74, 6) is 0.871. The largest absolute Gasteiger partial charge is 0.385 e. The quantitative estimate of drug-likeness (QED) is 0.780. The van der Waals surface area contributed by atoms with E-state index in [0.717, 1.165) is 38.8 Å². The van der Waals surface area contributed by atoms with E-state index in [1.165, 1.54) is 6.42 Å². The van der Waals surface area contributed by atoms with Crippen molar-refractivity contribution in [3.63, 3.8) is 0 Å². The van der Waals surface area contributed by atoms with Gasteiger partial charge in [-0.3, -0.25) is 4.79 Å². The third-order valence-corrected chi connectivity index (χ3v) is 4.46. The lowest BCUT2D eigenvalue weighted by Crippen LogP contribution is -2.47. The van der Waals surface area contributed by atoms with Crippen LogP contribution in [0.15, 0.2) is 0 Å². The molecule has 0 bridgehead atoms. The molecule has 1 unspecified atom stereocenters. The summed E-state index contributed by atoms with van der Waals surface area (Å²) in [6.45, 7) is 3.16. The summed E-state index contributed by atoms with van der Waals surface area (Å²) in [5, 5.41) is 0. The molecule has 1 aliphatic heterocycles. The highest BCUT2D eigenvalue weighted by Gasteiger charge is 2.46. The van der Waals surface area contributed by atoms with Crippen molar-refractivity contribution in [1.29, 1.82) is 0 Å². The van der Waals surface area contributed by atoms with Gasteiger partial charge < -0.3 is 15.4 Å². The fraction of sp³-hybridized carbons (Fsp3) is 0.923. The summed E-state index contributed by atoms with van der Waals surface area (Å²) in [4.78, 5) is 14.6. The van der Waals surface area contributed by atoms with E-state index < -0.39 is 0 Å². The zero-order valence-corrected chi connectivity index (χ0v) is 10.8. The van der Waals surface area contributed by atoms with Crippen LogP contribution in [0.4, 0.5) is 0 Å². The maximum atomic E-state index is 12.5. The second kappa shape index (κ2) is 5.36. The number of rotatable bonds is 5. The fourth-order valence-corrected chi connectivity index (χ4v) is 3.02. The molecule has 17 heavy (non-hydrogen) atoms. The van der Waals surface area contributed by atoms with Crippen molar-refractivity contribution in [1.82, 2.24) is 4.90 Å². The van der Waals surface area contributed by atoms with Gasteiger partial charge in [0.2, 0.25) is 5.91 Å². The first-order chi connectivity index (χ1) is 8.22. The average molecular weight is 240 g/mol. The number of nitrogens with two attached hydrogens (primary N) is 1. The van der Waals surface area contributed by atoms with Crippen LogP contribution in [0.2, 0.25) is 0 Å². The normalized spacial score (nSPS) is 26.9. The lowest BCUT2D eigenvalue weighted by Gasteiger charge is -2.42. The number of hydrogen-bond acceptors (Lipinski definition) is 3. The third-order valence-electron chi connectivity index (χ3n) is 4.46. The molecule has 4 nitrogen and oxygen atoms in total. The van der Waals surface area contributed by atoms with E-state index in [-0.39, 0.29) is 5.41 Å². The zero-order chi connectivity index (χ0) is 12.3. The van der Waals surface area contributed by atoms with Crippen LogP contribution >= 0.6 is 0 Å². The Kier molecular flexibility index (Phi) is 4.05. The Hall–Kier alpha value is -0.610. The molecular weight excluding hydrogens is 216 g/mol. The molecule has 0 aromatic rings. The van der Waals surface area contributed by atoms with Gasteiger partial charge in [0.15, 0.2) is 0 Å². The Morgan fingerprint density at radius 2 is 2.29 bits per heavy atom. The molecule has 0 radical (unpaired) electrons. The van der Waals surface area contributed by atoms with Crippen molar-refractivity contribution in [3.8, 4) is 0 Å². The molecule has 2 N–H and O–H groups in total. The molecular formula is C13H24N2O2. The topological polar surface area (TPSA) is 55.6 Å². The van der Waals surface area contributed by atoms with Crippen LogP contribution in [0, 0.1) is 11.3 Å². The number of likely N-dealkylation sites (tertiary alicyclic amines) is 1. The number of nitrogens with zero attached hydrogens (tertiary/aromatic N) is 1. The zero-order valence-electron chi connectivity index (χ0n) is 10.8. The van der Waals surface area contributed by atoms with Crippen LogP contribution in [0.3, 0.4) is 0 Å². The molecule has 1 saturated carbocycles. The van der Waals surface area contributed by atoms with Crippen molar-refractivity contribution in [2.75, 3.05) is 33.4 Å². The predicted octanol–water partition coefficient (Wildman–Crippen LogP) is 1.00. The van der Waals surface area contributed by atoms with Crippen LogP contribution in [-0.2, 0) is 9.53 Å². The highest BCUT2D eigenvalue weighted by Crippen LogP contribution is 2.46. The fourth-order valence-electron chi connectivity index (χ4n) is 3.02. The minimum Gasteiger partial charge on any atom is -0.385 e. The monoisotopic (exact) mass is 240 g/mol. The van der Waals surface area contributed by atoms with Crippen molar-refractivity contribution >= 4 is 5.91 Å². The van der Waals surface area contributed by atoms with Crippen molar-refractivity contribution in [2.24, 2.45) is 17.1 Å². The van der Waals surface area contributed by atoms with E-state index in [9.17, 15) is 4.79 Å². The van der Waals surface area contributed by atoms with E-state index in [2.05, 4.69) is 0 Å². The van der Waals surface area contributed by atoms with Gasteiger partial charge in [-0.2, -0.15) is 0 Å². The summed E-state index contributed by atoms with van der Waals surface area (Å²) in [5.41, 5.74) is 5.58. The van der Waals surface area contributed by atoms with Crippen molar-refractivity contribution < 1.29 is 9.53 Å². The molecule has 2 fully saturated rings. The first-order valence-electron chi connectivity index (χ1n) is 6.70. The molecule has 98 valence electrons. The molecule has 1 atom stereocenters. The van der Waals surface area contributed by atoms with Crippen molar-refractivity contribution in [2.45, 2.75) is 32.1 Å². The van der Waals surface area contributed by atoms with Gasteiger partial charge in [0.1, 0.15) is 0 Å².